The van der Waals surface area contributed by atoms with Gasteiger partial charge in [0.1, 0.15) is 11.5 Å². The smallest absolute Gasteiger partial charge is 0.251 e. The molecule has 0 aliphatic carbocycles. The Kier molecular flexibility index (Phi) is 5.40. The zero-order valence-electron chi connectivity index (χ0n) is 18.3. The second kappa shape index (κ2) is 8.51. The van der Waals surface area contributed by atoms with E-state index in [4.69, 9.17) is 0 Å². The third kappa shape index (κ3) is 4.11. The van der Waals surface area contributed by atoms with Gasteiger partial charge in [0.15, 0.2) is 5.82 Å². The second-order valence-corrected chi connectivity index (χ2v) is 8.18. The lowest BCUT2D eigenvalue weighted by molar-refractivity contribution is 0.249. The van der Waals surface area contributed by atoms with Crippen molar-refractivity contribution in [3.8, 4) is 11.5 Å². The summed E-state index contributed by atoms with van der Waals surface area (Å²) in [5.41, 5.74) is 5.40. The number of aromatic amines is 2. The van der Waals surface area contributed by atoms with Crippen LogP contribution >= 0.6 is 0 Å². The first-order valence-corrected chi connectivity index (χ1v) is 10.9. The van der Waals surface area contributed by atoms with Crippen molar-refractivity contribution in [2.45, 2.75) is 26.8 Å². The van der Waals surface area contributed by atoms with E-state index in [0.29, 0.717) is 12.2 Å². The number of nitrogens with zero attached hydrogens (tertiary/aromatic N) is 6. The Hall–Kier alpha value is -3.59. The monoisotopic (exact) mass is 430 g/mol. The number of fused-ring (bicyclic) bond motifs is 1. The van der Waals surface area contributed by atoms with Gasteiger partial charge in [-0.05, 0) is 43.2 Å². The van der Waals surface area contributed by atoms with Crippen LogP contribution in [0.1, 0.15) is 23.9 Å². The van der Waals surface area contributed by atoms with Crippen molar-refractivity contribution in [1.29, 1.82) is 0 Å². The van der Waals surface area contributed by atoms with Gasteiger partial charge in [0.2, 0.25) is 0 Å². The molecule has 0 spiro atoms. The zero-order valence-corrected chi connectivity index (χ0v) is 18.3. The number of pyridine rings is 3. The maximum absolute atomic E-state index is 12.1. The fourth-order valence-corrected chi connectivity index (χ4v) is 4.11. The lowest BCUT2D eigenvalue weighted by Crippen LogP contribution is -2.46. The molecular formula is C23H26N8O. The summed E-state index contributed by atoms with van der Waals surface area (Å²) in [6, 6.07) is 8.00. The molecule has 164 valence electrons. The minimum Gasteiger partial charge on any atom is -0.368 e. The first kappa shape index (κ1) is 20.3. The molecule has 0 atom stereocenters. The molecule has 32 heavy (non-hydrogen) atoms. The summed E-state index contributed by atoms with van der Waals surface area (Å²) in [4.78, 5) is 32.1. The number of anilines is 1. The Morgan fingerprint density at radius 3 is 2.53 bits per heavy atom. The van der Waals surface area contributed by atoms with E-state index in [1.54, 1.807) is 0 Å². The Labute approximate surface area is 185 Å². The molecule has 4 aromatic heterocycles. The summed E-state index contributed by atoms with van der Waals surface area (Å²) in [6.07, 6.45) is 4.52. The number of H-pyrrole nitrogens is 2. The molecule has 1 aliphatic heterocycles. The lowest BCUT2D eigenvalue weighted by Gasteiger charge is -2.36. The van der Waals surface area contributed by atoms with Gasteiger partial charge in [-0.1, -0.05) is 6.92 Å². The van der Waals surface area contributed by atoms with Crippen LogP contribution in [0.15, 0.2) is 41.5 Å². The van der Waals surface area contributed by atoms with Crippen LogP contribution in [0, 0.1) is 6.92 Å². The number of aryl methyl sites for hydroxylation is 2. The minimum absolute atomic E-state index is 0.0226. The highest BCUT2D eigenvalue weighted by Crippen LogP contribution is 2.20. The molecule has 1 aliphatic rings. The Bertz CT molecular complexity index is 1290. The normalized spacial score (nSPS) is 14.9. The molecule has 9 nitrogen and oxygen atoms in total. The van der Waals surface area contributed by atoms with Crippen molar-refractivity contribution < 1.29 is 0 Å². The number of rotatable bonds is 5. The third-order valence-electron chi connectivity index (χ3n) is 5.94. The first-order chi connectivity index (χ1) is 15.6. The molecule has 0 unspecified atom stereocenters. The van der Waals surface area contributed by atoms with Crippen LogP contribution in [0.2, 0.25) is 0 Å². The Morgan fingerprint density at radius 2 is 1.84 bits per heavy atom. The van der Waals surface area contributed by atoms with Crippen LogP contribution < -0.4 is 10.5 Å². The predicted octanol–water partition coefficient (Wildman–Crippen LogP) is 2.30. The second-order valence-electron chi connectivity index (χ2n) is 8.18. The topological polar surface area (TPSA) is 107 Å². The summed E-state index contributed by atoms with van der Waals surface area (Å²) < 4.78 is 0. The van der Waals surface area contributed by atoms with E-state index in [-0.39, 0.29) is 5.56 Å². The fourth-order valence-electron chi connectivity index (χ4n) is 4.11. The van der Waals surface area contributed by atoms with E-state index < -0.39 is 0 Å². The highest BCUT2D eigenvalue weighted by atomic mass is 16.1. The van der Waals surface area contributed by atoms with Crippen molar-refractivity contribution in [3.05, 3.63) is 64.0 Å². The number of hydrogen-bond acceptors (Lipinski definition) is 7. The summed E-state index contributed by atoms with van der Waals surface area (Å²) in [7, 11) is 0. The maximum atomic E-state index is 12.1. The molecule has 4 aromatic rings. The van der Waals surface area contributed by atoms with Gasteiger partial charge in [-0.3, -0.25) is 19.7 Å². The van der Waals surface area contributed by atoms with Gasteiger partial charge in [0.25, 0.3) is 5.56 Å². The van der Waals surface area contributed by atoms with Gasteiger partial charge >= 0.3 is 0 Å². The van der Waals surface area contributed by atoms with Crippen LogP contribution in [0.4, 0.5) is 5.69 Å². The average Bonchev–Trinajstić information content (AvgIpc) is 3.25. The van der Waals surface area contributed by atoms with Crippen molar-refractivity contribution in [2.75, 3.05) is 31.1 Å². The molecule has 1 fully saturated rings. The van der Waals surface area contributed by atoms with Gasteiger partial charge in [-0.15, -0.1) is 10.2 Å². The summed E-state index contributed by atoms with van der Waals surface area (Å²) in [5, 5.41) is 8.09. The SMILES string of the molecule is CCc1cc2ncc(CN3CCN(c4ccc(-c5nnc(C)[nH]5)nc4)CC3)cc2[nH]c1=O. The van der Waals surface area contributed by atoms with Gasteiger partial charge in [-0.2, -0.15) is 0 Å². The minimum atomic E-state index is -0.0226. The molecule has 2 N–H and O–H groups in total. The van der Waals surface area contributed by atoms with E-state index in [2.05, 4.69) is 46.0 Å². The summed E-state index contributed by atoms with van der Waals surface area (Å²) >= 11 is 0. The molecule has 0 aromatic carbocycles. The number of nitrogens with one attached hydrogen (secondary N) is 2. The predicted molar refractivity (Wildman–Crippen MR) is 124 cm³/mol. The van der Waals surface area contributed by atoms with Gasteiger partial charge in [0.05, 0.1) is 22.9 Å². The van der Waals surface area contributed by atoms with Crippen LogP contribution in [0.3, 0.4) is 0 Å². The first-order valence-electron chi connectivity index (χ1n) is 10.9. The van der Waals surface area contributed by atoms with Gasteiger partial charge in [-0.25, -0.2) is 0 Å². The number of piperazine rings is 1. The van der Waals surface area contributed by atoms with E-state index in [1.165, 1.54) is 0 Å². The van der Waals surface area contributed by atoms with Gasteiger partial charge in [0, 0.05) is 44.5 Å². The molecule has 0 radical (unpaired) electrons. The average molecular weight is 431 g/mol. The van der Waals surface area contributed by atoms with Crippen LogP contribution in [-0.2, 0) is 13.0 Å². The van der Waals surface area contributed by atoms with Crippen molar-refractivity contribution in [2.24, 2.45) is 0 Å². The van der Waals surface area contributed by atoms with E-state index in [9.17, 15) is 4.79 Å². The standard InChI is InChI=1S/C23H26N8O/c1-3-17-11-20-21(27-23(17)32)10-16(12-24-20)14-30-6-8-31(9-7-30)18-4-5-19(25-13-18)22-26-15(2)28-29-22/h4-5,10-13H,3,6-9,14H2,1-2H3,(H,27,32)(H,26,28,29). The molecule has 9 heteroatoms. The molecular weight excluding hydrogens is 404 g/mol. The molecule has 5 rings (SSSR count). The van der Waals surface area contributed by atoms with Gasteiger partial charge < -0.3 is 14.9 Å². The fraction of sp³-hybridized carbons (Fsp3) is 0.348. The third-order valence-corrected chi connectivity index (χ3v) is 5.94. The van der Waals surface area contributed by atoms with E-state index in [1.807, 2.05) is 44.4 Å². The molecule has 0 saturated carbocycles. The Morgan fingerprint density at radius 1 is 1.00 bits per heavy atom. The molecule has 1 saturated heterocycles. The maximum Gasteiger partial charge on any atom is 0.251 e. The molecule has 0 bridgehead atoms. The summed E-state index contributed by atoms with van der Waals surface area (Å²) in [6.45, 7) is 8.43. The highest BCUT2D eigenvalue weighted by Gasteiger charge is 2.18. The lowest BCUT2D eigenvalue weighted by atomic mass is 10.1. The van der Waals surface area contributed by atoms with Crippen molar-refractivity contribution in [3.63, 3.8) is 0 Å². The Balaban J connectivity index is 1.21. The number of hydrogen-bond donors (Lipinski definition) is 2. The van der Waals surface area contributed by atoms with Crippen molar-refractivity contribution >= 4 is 16.7 Å². The highest BCUT2D eigenvalue weighted by molar-refractivity contribution is 5.74. The molecule has 0 amide bonds. The molecule has 5 heterocycles. The van der Waals surface area contributed by atoms with Crippen molar-refractivity contribution in [1.82, 2.24) is 35.0 Å². The van der Waals surface area contributed by atoms with Crippen LogP contribution in [0.25, 0.3) is 22.6 Å². The van der Waals surface area contributed by atoms with Crippen LogP contribution in [-0.4, -0.2) is 61.2 Å². The number of aromatic nitrogens is 6. The largest absolute Gasteiger partial charge is 0.368 e. The van der Waals surface area contributed by atoms with E-state index in [0.717, 1.165) is 72.1 Å². The van der Waals surface area contributed by atoms with E-state index >= 15 is 0 Å². The quantitative estimate of drug-likeness (QED) is 0.500. The zero-order chi connectivity index (χ0) is 22.1. The van der Waals surface area contributed by atoms with Crippen LogP contribution in [0.5, 0.6) is 0 Å². The summed E-state index contributed by atoms with van der Waals surface area (Å²) in [5.74, 6) is 1.47.